The zero-order valence-electron chi connectivity index (χ0n) is 12.3. The second kappa shape index (κ2) is 6.27. The molecular weight excluding hydrogens is 252 g/mol. The summed E-state index contributed by atoms with van der Waals surface area (Å²) in [5.74, 6) is 0. The van der Waals surface area contributed by atoms with Crippen LogP contribution in [0.15, 0.2) is 18.2 Å². The van der Waals surface area contributed by atoms with Crippen LogP contribution in [0.2, 0.25) is 0 Å². The molecule has 0 saturated heterocycles. The lowest BCUT2D eigenvalue weighted by Crippen LogP contribution is -2.45. The molecule has 0 spiro atoms. The highest BCUT2D eigenvalue weighted by Gasteiger charge is 2.29. The molecule has 1 aliphatic carbocycles. The summed E-state index contributed by atoms with van der Waals surface area (Å²) < 4.78 is 0. The van der Waals surface area contributed by atoms with Crippen molar-refractivity contribution in [2.75, 3.05) is 11.9 Å². The number of aryl methyl sites for hydroxylation is 2. The van der Waals surface area contributed by atoms with Gasteiger partial charge in [0.15, 0.2) is 0 Å². The molecule has 0 aromatic heterocycles. The van der Waals surface area contributed by atoms with Crippen molar-refractivity contribution in [1.29, 1.82) is 0 Å². The van der Waals surface area contributed by atoms with Crippen LogP contribution in [0, 0.1) is 13.8 Å². The first-order valence-electron chi connectivity index (χ1n) is 7.33. The fraction of sp³-hybridized carbons (Fsp3) is 0.562. The minimum atomic E-state index is -0.723. The molecule has 0 heterocycles. The summed E-state index contributed by atoms with van der Waals surface area (Å²) in [6.07, 6.45) is 4.80. The van der Waals surface area contributed by atoms with Gasteiger partial charge in [-0.25, -0.2) is 4.79 Å². The van der Waals surface area contributed by atoms with Crippen LogP contribution in [-0.2, 0) is 0 Å². The third-order valence-electron chi connectivity index (χ3n) is 4.13. The Morgan fingerprint density at radius 3 is 2.55 bits per heavy atom. The van der Waals surface area contributed by atoms with E-state index in [0.717, 1.165) is 36.9 Å². The summed E-state index contributed by atoms with van der Waals surface area (Å²) in [4.78, 5) is 11.9. The SMILES string of the molecule is Cc1ccc(NC(=O)NCC2(O)CCCCC2)cc1C. The average molecular weight is 276 g/mol. The molecule has 110 valence electrons. The number of aliphatic hydroxyl groups is 1. The zero-order valence-corrected chi connectivity index (χ0v) is 12.3. The summed E-state index contributed by atoms with van der Waals surface area (Å²) >= 11 is 0. The van der Waals surface area contributed by atoms with Crippen molar-refractivity contribution in [3.05, 3.63) is 29.3 Å². The van der Waals surface area contributed by atoms with Crippen LogP contribution in [0.5, 0.6) is 0 Å². The molecule has 4 heteroatoms. The standard InChI is InChI=1S/C16H24N2O2/c1-12-6-7-14(10-13(12)2)18-15(19)17-11-16(20)8-4-3-5-9-16/h6-7,10,20H,3-5,8-9,11H2,1-2H3,(H2,17,18,19). The Balaban J connectivity index is 1.84. The van der Waals surface area contributed by atoms with E-state index in [9.17, 15) is 9.90 Å². The molecule has 4 nitrogen and oxygen atoms in total. The Kier molecular flexibility index (Phi) is 4.65. The Bertz CT molecular complexity index is 479. The number of anilines is 1. The second-order valence-electron chi connectivity index (χ2n) is 5.89. The van der Waals surface area contributed by atoms with E-state index in [1.54, 1.807) is 0 Å². The number of rotatable bonds is 3. The van der Waals surface area contributed by atoms with Gasteiger partial charge in [0.2, 0.25) is 0 Å². The summed E-state index contributed by atoms with van der Waals surface area (Å²) in [7, 11) is 0. The molecule has 0 bridgehead atoms. The number of carbonyl (C=O) groups excluding carboxylic acids is 1. The molecule has 3 N–H and O–H groups in total. The third kappa shape index (κ3) is 3.97. The largest absolute Gasteiger partial charge is 0.388 e. The number of carbonyl (C=O) groups is 1. The lowest BCUT2D eigenvalue weighted by atomic mass is 9.85. The van der Waals surface area contributed by atoms with Crippen molar-refractivity contribution in [3.63, 3.8) is 0 Å². The third-order valence-corrected chi connectivity index (χ3v) is 4.13. The van der Waals surface area contributed by atoms with Gasteiger partial charge in [0.05, 0.1) is 5.60 Å². The van der Waals surface area contributed by atoms with E-state index in [1.807, 2.05) is 32.0 Å². The Morgan fingerprint density at radius 2 is 1.90 bits per heavy atom. The topological polar surface area (TPSA) is 61.4 Å². The first-order chi connectivity index (χ1) is 9.48. The van der Waals surface area contributed by atoms with E-state index >= 15 is 0 Å². The van der Waals surface area contributed by atoms with E-state index in [-0.39, 0.29) is 6.03 Å². The Hall–Kier alpha value is -1.55. The van der Waals surface area contributed by atoms with Gasteiger partial charge in [-0.15, -0.1) is 0 Å². The zero-order chi connectivity index (χ0) is 14.6. The molecule has 1 aliphatic rings. The van der Waals surface area contributed by atoms with Gasteiger partial charge in [-0.3, -0.25) is 0 Å². The highest BCUT2D eigenvalue weighted by molar-refractivity contribution is 5.89. The number of urea groups is 1. The molecule has 1 fully saturated rings. The molecule has 2 rings (SSSR count). The van der Waals surface area contributed by atoms with Gasteiger partial charge < -0.3 is 15.7 Å². The molecular formula is C16H24N2O2. The van der Waals surface area contributed by atoms with E-state index in [0.29, 0.717) is 6.54 Å². The van der Waals surface area contributed by atoms with Crippen molar-refractivity contribution in [2.45, 2.75) is 51.6 Å². The normalized spacial score (nSPS) is 17.6. The molecule has 1 saturated carbocycles. The average Bonchev–Trinajstić information content (AvgIpc) is 2.42. The van der Waals surface area contributed by atoms with Gasteiger partial charge >= 0.3 is 6.03 Å². The number of hydrogen-bond donors (Lipinski definition) is 3. The summed E-state index contributed by atoms with van der Waals surface area (Å²) in [6, 6.07) is 5.56. The molecule has 0 aliphatic heterocycles. The number of benzene rings is 1. The molecule has 0 radical (unpaired) electrons. The Labute approximate surface area is 120 Å². The van der Waals surface area contributed by atoms with Crippen LogP contribution in [0.4, 0.5) is 10.5 Å². The minimum absolute atomic E-state index is 0.257. The summed E-state index contributed by atoms with van der Waals surface area (Å²) in [5.41, 5.74) is 2.40. The van der Waals surface area contributed by atoms with Crippen LogP contribution in [0.1, 0.15) is 43.2 Å². The van der Waals surface area contributed by atoms with E-state index in [1.165, 1.54) is 12.0 Å². The van der Waals surface area contributed by atoms with Gasteiger partial charge in [0.1, 0.15) is 0 Å². The Morgan fingerprint density at radius 1 is 1.20 bits per heavy atom. The van der Waals surface area contributed by atoms with E-state index in [4.69, 9.17) is 0 Å². The van der Waals surface area contributed by atoms with Gasteiger partial charge in [0, 0.05) is 12.2 Å². The van der Waals surface area contributed by atoms with Crippen molar-refractivity contribution < 1.29 is 9.90 Å². The molecule has 20 heavy (non-hydrogen) atoms. The second-order valence-corrected chi connectivity index (χ2v) is 5.89. The minimum Gasteiger partial charge on any atom is -0.388 e. The monoisotopic (exact) mass is 276 g/mol. The highest BCUT2D eigenvalue weighted by atomic mass is 16.3. The van der Waals surface area contributed by atoms with E-state index < -0.39 is 5.60 Å². The maximum Gasteiger partial charge on any atom is 0.319 e. The number of nitrogens with one attached hydrogen (secondary N) is 2. The summed E-state index contributed by atoms with van der Waals surface area (Å²) in [5, 5.41) is 15.9. The first kappa shape index (κ1) is 14.9. The lowest BCUT2D eigenvalue weighted by Gasteiger charge is -2.32. The van der Waals surface area contributed by atoms with Crippen molar-refractivity contribution in [1.82, 2.24) is 5.32 Å². The van der Waals surface area contributed by atoms with Crippen LogP contribution in [0.25, 0.3) is 0 Å². The lowest BCUT2D eigenvalue weighted by molar-refractivity contribution is 0.00755. The molecule has 2 amide bonds. The predicted molar refractivity (Wildman–Crippen MR) is 81.0 cm³/mol. The maximum atomic E-state index is 11.9. The van der Waals surface area contributed by atoms with Gasteiger partial charge in [-0.05, 0) is 49.9 Å². The van der Waals surface area contributed by atoms with Crippen molar-refractivity contribution in [2.24, 2.45) is 0 Å². The quantitative estimate of drug-likeness (QED) is 0.794. The molecule has 0 atom stereocenters. The van der Waals surface area contributed by atoms with Gasteiger partial charge in [0.25, 0.3) is 0 Å². The molecule has 0 unspecified atom stereocenters. The van der Waals surface area contributed by atoms with Crippen molar-refractivity contribution >= 4 is 11.7 Å². The van der Waals surface area contributed by atoms with Crippen LogP contribution in [-0.4, -0.2) is 23.3 Å². The fourth-order valence-electron chi connectivity index (χ4n) is 2.63. The fourth-order valence-corrected chi connectivity index (χ4v) is 2.63. The maximum absolute atomic E-state index is 11.9. The number of hydrogen-bond acceptors (Lipinski definition) is 2. The molecule has 1 aromatic rings. The van der Waals surface area contributed by atoms with Gasteiger partial charge in [-0.1, -0.05) is 25.3 Å². The van der Waals surface area contributed by atoms with Crippen molar-refractivity contribution in [3.8, 4) is 0 Å². The van der Waals surface area contributed by atoms with Crippen LogP contribution < -0.4 is 10.6 Å². The molecule has 1 aromatic carbocycles. The predicted octanol–water partition coefficient (Wildman–Crippen LogP) is 3.12. The highest BCUT2D eigenvalue weighted by Crippen LogP contribution is 2.27. The van der Waals surface area contributed by atoms with E-state index in [2.05, 4.69) is 10.6 Å². The summed E-state index contributed by atoms with van der Waals surface area (Å²) in [6.45, 7) is 4.38. The van der Waals surface area contributed by atoms with Crippen LogP contribution in [0.3, 0.4) is 0 Å². The first-order valence-corrected chi connectivity index (χ1v) is 7.33. The number of amides is 2. The van der Waals surface area contributed by atoms with Gasteiger partial charge in [-0.2, -0.15) is 0 Å². The smallest absolute Gasteiger partial charge is 0.319 e. The van der Waals surface area contributed by atoms with Crippen LogP contribution >= 0.6 is 0 Å².